The molecule has 0 bridgehead atoms. The Morgan fingerprint density at radius 2 is 2.17 bits per heavy atom. The highest BCUT2D eigenvalue weighted by Crippen LogP contribution is 2.31. The maximum atomic E-state index is 12.8. The third-order valence-corrected chi connectivity index (χ3v) is 4.13. The molecule has 0 fully saturated rings. The Morgan fingerprint density at radius 1 is 1.48 bits per heavy atom. The molecule has 0 saturated carbocycles. The van der Waals surface area contributed by atoms with Gasteiger partial charge in [0.1, 0.15) is 0 Å². The van der Waals surface area contributed by atoms with Crippen LogP contribution in [0, 0.1) is 0 Å². The first-order chi connectivity index (χ1) is 10.9. The second kappa shape index (κ2) is 7.41. The van der Waals surface area contributed by atoms with Crippen LogP contribution in [0.25, 0.3) is 0 Å². The van der Waals surface area contributed by atoms with E-state index in [-0.39, 0.29) is 30.8 Å². The molecule has 1 heterocycles. The number of likely N-dealkylation sites (N-methyl/N-ethyl adjacent to an activating group) is 1. The number of benzene rings is 1. The minimum absolute atomic E-state index is 0.0863. The van der Waals surface area contributed by atoms with Gasteiger partial charge in [0.2, 0.25) is 11.8 Å². The monoisotopic (exact) mass is 334 g/mol. The van der Waals surface area contributed by atoms with Crippen LogP contribution in [0.4, 0.5) is 11.4 Å². The van der Waals surface area contributed by atoms with E-state index in [9.17, 15) is 9.59 Å². The molecule has 1 atom stereocenters. The predicted molar refractivity (Wildman–Crippen MR) is 95.5 cm³/mol. The van der Waals surface area contributed by atoms with Crippen LogP contribution in [-0.2, 0) is 9.59 Å². The van der Waals surface area contributed by atoms with Gasteiger partial charge in [-0.25, -0.2) is 0 Å². The van der Waals surface area contributed by atoms with Crippen molar-refractivity contribution in [2.75, 3.05) is 30.4 Å². The number of nitrogens with one attached hydrogen (secondary N) is 2. The number of carbonyl (C=O) groups is 2. The Morgan fingerprint density at radius 3 is 2.87 bits per heavy atom. The molecule has 0 saturated heterocycles. The maximum Gasteiger partial charge on any atom is 0.246 e. The number of amides is 2. The smallest absolute Gasteiger partial charge is 0.246 e. The molecule has 1 aromatic carbocycles. The molecule has 1 aromatic rings. The van der Waals surface area contributed by atoms with E-state index in [1.165, 1.54) is 0 Å². The minimum Gasteiger partial charge on any atom is -0.363 e. The lowest BCUT2D eigenvalue weighted by Crippen LogP contribution is -2.47. The third-order valence-electron chi connectivity index (χ3n) is 3.68. The third kappa shape index (κ3) is 3.98. The number of anilines is 2. The van der Waals surface area contributed by atoms with Gasteiger partial charge in [-0.3, -0.25) is 9.59 Å². The maximum absolute atomic E-state index is 12.8. The Kier molecular flexibility index (Phi) is 5.54. The number of hydrogen-bond acceptors (Lipinski definition) is 3. The van der Waals surface area contributed by atoms with E-state index >= 15 is 0 Å². The summed E-state index contributed by atoms with van der Waals surface area (Å²) < 4.78 is 0. The first-order valence-electron chi connectivity index (χ1n) is 7.64. The molecule has 2 amide bonds. The Bertz CT molecular complexity index is 620. The van der Waals surface area contributed by atoms with Gasteiger partial charge in [-0.15, -0.1) is 0 Å². The van der Waals surface area contributed by atoms with E-state index < -0.39 is 0 Å². The normalized spacial score (nSPS) is 16.9. The van der Waals surface area contributed by atoms with Crippen LogP contribution in [0.5, 0.6) is 0 Å². The lowest BCUT2D eigenvalue weighted by molar-refractivity contribution is -0.119. The first kappa shape index (κ1) is 17.2. The van der Waals surface area contributed by atoms with Crippen LogP contribution in [0.2, 0.25) is 0 Å². The number of carbonyl (C=O) groups excluding carboxylic acids is 2. The van der Waals surface area contributed by atoms with E-state index in [1.54, 1.807) is 22.9 Å². The van der Waals surface area contributed by atoms with Gasteiger partial charge in [0, 0.05) is 26.1 Å². The highest BCUT2D eigenvalue weighted by Gasteiger charge is 2.30. The quantitative estimate of drug-likeness (QED) is 0.822. The van der Waals surface area contributed by atoms with Crippen molar-refractivity contribution in [3.05, 3.63) is 24.3 Å². The van der Waals surface area contributed by atoms with E-state index in [1.807, 2.05) is 32.0 Å². The summed E-state index contributed by atoms with van der Waals surface area (Å²) in [4.78, 5) is 28.1. The van der Waals surface area contributed by atoms with Crippen LogP contribution in [0.15, 0.2) is 24.3 Å². The lowest BCUT2D eigenvalue weighted by Gasteiger charge is -2.30. The van der Waals surface area contributed by atoms with Crippen molar-refractivity contribution in [1.82, 2.24) is 10.2 Å². The Balaban J connectivity index is 2.24. The topological polar surface area (TPSA) is 64.7 Å². The van der Waals surface area contributed by atoms with Crippen LogP contribution < -0.4 is 15.5 Å². The van der Waals surface area contributed by atoms with Gasteiger partial charge in [0.05, 0.1) is 17.9 Å². The summed E-state index contributed by atoms with van der Waals surface area (Å²) in [6.45, 7) is 4.69. The minimum atomic E-state index is -0.216. The van der Waals surface area contributed by atoms with Crippen LogP contribution >= 0.6 is 12.2 Å². The summed E-state index contributed by atoms with van der Waals surface area (Å²) in [5.41, 5.74) is 1.38. The number of nitrogens with zero attached hydrogens (tertiary/aromatic N) is 2. The average Bonchev–Trinajstić information content (AvgIpc) is 2.61. The number of hydrogen-bond donors (Lipinski definition) is 2. The van der Waals surface area contributed by atoms with Gasteiger partial charge < -0.3 is 20.4 Å². The van der Waals surface area contributed by atoms with Crippen molar-refractivity contribution in [3.8, 4) is 0 Å². The zero-order valence-corrected chi connectivity index (χ0v) is 14.4. The molecule has 0 aromatic heterocycles. The van der Waals surface area contributed by atoms with Crippen molar-refractivity contribution in [2.24, 2.45) is 0 Å². The van der Waals surface area contributed by atoms with Crippen LogP contribution in [-0.4, -0.2) is 48.0 Å². The highest BCUT2D eigenvalue weighted by molar-refractivity contribution is 7.80. The number of rotatable bonds is 3. The van der Waals surface area contributed by atoms with Crippen molar-refractivity contribution in [2.45, 2.75) is 26.3 Å². The fourth-order valence-corrected chi connectivity index (χ4v) is 2.81. The van der Waals surface area contributed by atoms with Gasteiger partial charge in [-0.2, -0.15) is 0 Å². The molecule has 7 heteroatoms. The molecule has 1 unspecified atom stereocenters. The van der Waals surface area contributed by atoms with Crippen molar-refractivity contribution in [1.29, 1.82) is 0 Å². The van der Waals surface area contributed by atoms with Crippen molar-refractivity contribution in [3.63, 3.8) is 0 Å². The molecule has 0 spiro atoms. The molecule has 2 N–H and O–H groups in total. The number of para-hydroxylation sites is 2. The standard InChI is InChI=1S/C16H22N4O2S/c1-4-17-16(23)19(3)10-15(22)20-11(2)9-14(21)18-12-7-5-6-8-13(12)20/h5-8,11H,4,9-10H2,1-3H3,(H,17,23)(H,18,21). The van der Waals surface area contributed by atoms with Crippen molar-refractivity contribution >= 4 is 40.5 Å². The average molecular weight is 334 g/mol. The number of fused-ring (bicyclic) bond motifs is 1. The van der Waals surface area contributed by atoms with Crippen LogP contribution in [0.1, 0.15) is 20.3 Å². The molecule has 1 aliphatic heterocycles. The largest absolute Gasteiger partial charge is 0.363 e. The first-order valence-corrected chi connectivity index (χ1v) is 8.04. The summed E-state index contributed by atoms with van der Waals surface area (Å²) in [5, 5.41) is 6.41. The summed E-state index contributed by atoms with van der Waals surface area (Å²) in [6, 6.07) is 7.13. The Hall–Kier alpha value is -2.15. The van der Waals surface area contributed by atoms with E-state index in [0.29, 0.717) is 17.3 Å². The van der Waals surface area contributed by atoms with Gasteiger partial charge in [0.15, 0.2) is 5.11 Å². The molecule has 6 nitrogen and oxygen atoms in total. The second-order valence-electron chi connectivity index (χ2n) is 5.57. The van der Waals surface area contributed by atoms with E-state index in [2.05, 4.69) is 10.6 Å². The van der Waals surface area contributed by atoms with Crippen molar-refractivity contribution < 1.29 is 9.59 Å². The summed E-state index contributed by atoms with van der Waals surface area (Å²) in [6.07, 6.45) is 0.266. The summed E-state index contributed by atoms with van der Waals surface area (Å²) in [5.74, 6) is -0.180. The van der Waals surface area contributed by atoms with E-state index in [4.69, 9.17) is 12.2 Å². The zero-order chi connectivity index (χ0) is 17.0. The number of thiocarbonyl (C=S) groups is 1. The molecule has 1 aliphatic rings. The van der Waals surface area contributed by atoms with Gasteiger partial charge in [-0.05, 0) is 38.2 Å². The summed E-state index contributed by atoms with van der Waals surface area (Å²) in [7, 11) is 1.78. The lowest BCUT2D eigenvalue weighted by atomic mass is 10.1. The molecular formula is C16H22N4O2S. The molecule has 23 heavy (non-hydrogen) atoms. The fraction of sp³-hybridized carbons (Fsp3) is 0.438. The molecule has 0 radical (unpaired) electrons. The fourth-order valence-electron chi connectivity index (χ4n) is 2.60. The second-order valence-corrected chi connectivity index (χ2v) is 5.96. The highest BCUT2D eigenvalue weighted by atomic mass is 32.1. The van der Waals surface area contributed by atoms with Crippen LogP contribution in [0.3, 0.4) is 0 Å². The zero-order valence-electron chi connectivity index (χ0n) is 13.6. The Labute approximate surface area is 141 Å². The van der Waals surface area contributed by atoms with Gasteiger partial charge >= 0.3 is 0 Å². The predicted octanol–water partition coefficient (Wildman–Crippen LogP) is 1.58. The van der Waals surface area contributed by atoms with Gasteiger partial charge in [0.25, 0.3) is 0 Å². The summed E-state index contributed by atoms with van der Waals surface area (Å²) >= 11 is 5.23. The van der Waals surface area contributed by atoms with E-state index in [0.717, 1.165) is 5.69 Å². The molecule has 0 aliphatic carbocycles. The van der Waals surface area contributed by atoms with Gasteiger partial charge in [-0.1, -0.05) is 12.1 Å². The molecule has 124 valence electrons. The SMILES string of the molecule is CCNC(=S)N(C)CC(=O)N1c2ccccc2NC(=O)CC1C. The molecule has 2 rings (SSSR count). The molecular weight excluding hydrogens is 312 g/mol.